The Morgan fingerprint density at radius 3 is 1.74 bits per heavy atom. The zero-order valence-electron chi connectivity index (χ0n) is 11.0. The van der Waals surface area contributed by atoms with Crippen molar-refractivity contribution < 1.29 is 0 Å². The van der Waals surface area contributed by atoms with Crippen molar-refractivity contribution in [3.05, 3.63) is 23.3 Å². The average Bonchev–Trinajstić information content (AvgIpc) is 2.44. The monoisotopic (exact) mass is 290 g/mol. The summed E-state index contributed by atoms with van der Waals surface area (Å²) in [6, 6.07) is 0.728. The molecule has 0 saturated carbocycles. The summed E-state index contributed by atoms with van der Waals surface area (Å²) in [4.78, 5) is 8.34. The molecule has 0 aromatic carbocycles. The molecule has 0 aromatic rings. The van der Waals surface area contributed by atoms with Gasteiger partial charge in [0.15, 0.2) is 0 Å². The van der Waals surface area contributed by atoms with Crippen LogP contribution in [0.2, 0.25) is 0 Å². The van der Waals surface area contributed by atoms with Crippen molar-refractivity contribution in [2.45, 2.75) is 57.0 Å². The molecule has 19 heavy (non-hydrogen) atoms. The molecular formula is C15H18N2S2. The van der Waals surface area contributed by atoms with Crippen LogP contribution < -0.4 is 0 Å². The summed E-state index contributed by atoms with van der Waals surface area (Å²) in [6.45, 7) is 0. The van der Waals surface area contributed by atoms with E-state index in [1.807, 2.05) is 0 Å². The second-order valence-electron chi connectivity index (χ2n) is 5.20. The number of aliphatic imine (C=N–C) groups is 2. The normalized spacial score (nSPS) is 26.5. The van der Waals surface area contributed by atoms with E-state index in [4.69, 9.17) is 0 Å². The fraction of sp³-hybridized carbons (Fsp3) is 0.600. The fourth-order valence-corrected chi connectivity index (χ4v) is 3.04. The maximum atomic E-state index is 4.66. The Bertz CT molecular complexity index is 436. The second-order valence-corrected chi connectivity index (χ2v) is 5.56. The van der Waals surface area contributed by atoms with Crippen LogP contribution in [0.4, 0.5) is 0 Å². The molecule has 2 atom stereocenters. The summed E-state index contributed by atoms with van der Waals surface area (Å²) in [6.07, 6.45) is 12.4. The number of thiocarbonyl (C=S) groups is 2. The van der Waals surface area contributed by atoms with Gasteiger partial charge in [0.2, 0.25) is 0 Å². The van der Waals surface area contributed by atoms with Crippen molar-refractivity contribution >= 4 is 34.8 Å². The third-order valence-corrected chi connectivity index (χ3v) is 4.09. The molecule has 0 spiro atoms. The molecule has 0 aromatic heterocycles. The zero-order valence-corrected chi connectivity index (χ0v) is 12.6. The van der Waals surface area contributed by atoms with Crippen LogP contribution in [0.25, 0.3) is 0 Å². The highest BCUT2D eigenvalue weighted by atomic mass is 32.1. The van der Waals surface area contributed by atoms with Crippen LogP contribution in [0.3, 0.4) is 0 Å². The van der Waals surface area contributed by atoms with Crippen molar-refractivity contribution in [3.8, 4) is 0 Å². The molecule has 0 fully saturated rings. The predicted octanol–water partition coefficient (Wildman–Crippen LogP) is 4.54. The molecule has 4 heteroatoms. The molecule has 0 amide bonds. The van der Waals surface area contributed by atoms with Crippen LogP contribution in [-0.2, 0) is 0 Å². The molecule has 2 nitrogen and oxygen atoms in total. The largest absolute Gasteiger partial charge is 0.229 e. The van der Waals surface area contributed by atoms with E-state index in [0.29, 0.717) is 12.1 Å². The number of rotatable bonds is 4. The summed E-state index contributed by atoms with van der Waals surface area (Å²) >= 11 is 9.32. The van der Waals surface area contributed by atoms with Crippen LogP contribution in [0, 0.1) is 0 Å². The Morgan fingerprint density at radius 2 is 1.42 bits per heavy atom. The molecule has 0 heterocycles. The first-order valence-electron chi connectivity index (χ1n) is 6.81. The van der Waals surface area contributed by atoms with Crippen LogP contribution >= 0.6 is 24.4 Å². The summed E-state index contributed by atoms with van der Waals surface area (Å²) < 4.78 is 0. The third-order valence-electron chi connectivity index (χ3n) is 3.88. The van der Waals surface area contributed by atoms with E-state index in [1.165, 1.54) is 0 Å². The van der Waals surface area contributed by atoms with Crippen LogP contribution in [0.1, 0.15) is 44.9 Å². The number of hydrogen-bond donors (Lipinski definition) is 0. The summed E-state index contributed by atoms with van der Waals surface area (Å²) in [5.74, 6) is 0. The SMILES string of the molecule is S=C=NC1CC=C(CC2=CCC(N=C=S)CC2)CC1. The first-order valence-corrected chi connectivity index (χ1v) is 7.63. The molecule has 0 radical (unpaired) electrons. The van der Waals surface area contributed by atoms with Crippen molar-refractivity contribution in [3.63, 3.8) is 0 Å². The topological polar surface area (TPSA) is 24.7 Å². The number of hydrogen-bond acceptors (Lipinski definition) is 4. The van der Waals surface area contributed by atoms with E-state index in [2.05, 4.69) is 56.9 Å². The highest BCUT2D eigenvalue weighted by Gasteiger charge is 2.17. The number of nitrogens with zero attached hydrogens (tertiary/aromatic N) is 2. The van der Waals surface area contributed by atoms with E-state index in [1.54, 1.807) is 11.1 Å². The Hall–Kier alpha value is -0.920. The minimum absolute atomic E-state index is 0.364. The van der Waals surface area contributed by atoms with Crippen molar-refractivity contribution in [1.29, 1.82) is 0 Å². The Balaban J connectivity index is 1.86. The second kappa shape index (κ2) is 7.62. The molecule has 100 valence electrons. The van der Waals surface area contributed by atoms with E-state index in [0.717, 1.165) is 44.9 Å². The van der Waals surface area contributed by atoms with Crippen molar-refractivity contribution in [2.75, 3.05) is 0 Å². The minimum atomic E-state index is 0.364. The molecule has 0 saturated heterocycles. The molecule has 2 rings (SSSR count). The molecular weight excluding hydrogens is 272 g/mol. The van der Waals surface area contributed by atoms with Crippen LogP contribution in [0.5, 0.6) is 0 Å². The van der Waals surface area contributed by atoms with Gasteiger partial charge >= 0.3 is 0 Å². The van der Waals surface area contributed by atoms with Crippen LogP contribution in [0.15, 0.2) is 33.3 Å². The minimum Gasteiger partial charge on any atom is -0.229 e. The molecule has 0 bridgehead atoms. The first-order chi connectivity index (χ1) is 9.31. The lowest BCUT2D eigenvalue weighted by Crippen LogP contribution is -2.11. The van der Waals surface area contributed by atoms with Gasteiger partial charge in [0, 0.05) is 0 Å². The van der Waals surface area contributed by atoms with Gasteiger partial charge in [-0.15, -0.1) is 0 Å². The lowest BCUT2D eigenvalue weighted by atomic mass is 9.87. The Morgan fingerprint density at radius 1 is 0.947 bits per heavy atom. The number of isothiocyanates is 2. The molecule has 0 N–H and O–H groups in total. The molecule has 0 aliphatic heterocycles. The van der Waals surface area contributed by atoms with Gasteiger partial charge in [-0.1, -0.05) is 23.3 Å². The average molecular weight is 290 g/mol. The van der Waals surface area contributed by atoms with E-state index >= 15 is 0 Å². The predicted molar refractivity (Wildman–Crippen MR) is 86.1 cm³/mol. The van der Waals surface area contributed by atoms with Gasteiger partial charge in [-0.3, -0.25) is 0 Å². The first kappa shape index (κ1) is 14.5. The van der Waals surface area contributed by atoms with Crippen molar-refractivity contribution in [1.82, 2.24) is 0 Å². The zero-order chi connectivity index (χ0) is 13.5. The third kappa shape index (κ3) is 4.59. The molecule has 2 aliphatic rings. The number of allylic oxidation sites excluding steroid dienone is 2. The lowest BCUT2D eigenvalue weighted by Gasteiger charge is -2.22. The van der Waals surface area contributed by atoms with E-state index < -0.39 is 0 Å². The Labute approximate surface area is 125 Å². The smallest absolute Gasteiger partial charge is 0.0640 e. The summed E-state index contributed by atoms with van der Waals surface area (Å²) in [7, 11) is 0. The van der Waals surface area contributed by atoms with Gasteiger partial charge in [-0.25, -0.2) is 9.98 Å². The summed E-state index contributed by atoms with van der Waals surface area (Å²) in [5.41, 5.74) is 3.11. The summed E-state index contributed by atoms with van der Waals surface area (Å²) in [5, 5.41) is 4.99. The fourth-order valence-electron chi connectivity index (χ4n) is 2.75. The van der Waals surface area contributed by atoms with Gasteiger partial charge in [-0.2, -0.15) is 0 Å². The van der Waals surface area contributed by atoms with Gasteiger partial charge in [0.05, 0.1) is 22.4 Å². The highest BCUT2D eigenvalue weighted by Crippen LogP contribution is 2.30. The quantitative estimate of drug-likeness (QED) is 0.431. The maximum absolute atomic E-state index is 4.66. The van der Waals surface area contributed by atoms with E-state index in [9.17, 15) is 0 Å². The van der Waals surface area contributed by atoms with Gasteiger partial charge in [0.1, 0.15) is 0 Å². The van der Waals surface area contributed by atoms with Gasteiger partial charge in [-0.05, 0) is 69.4 Å². The van der Waals surface area contributed by atoms with Gasteiger partial charge < -0.3 is 0 Å². The molecule has 2 unspecified atom stereocenters. The molecule has 2 aliphatic carbocycles. The van der Waals surface area contributed by atoms with Crippen LogP contribution in [-0.4, -0.2) is 22.4 Å². The maximum Gasteiger partial charge on any atom is 0.0640 e. The van der Waals surface area contributed by atoms with E-state index in [-0.39, 0.29) is 0 Å². The van der Waals surface area contributed by atoms with Gasteiger partial charge in [0.25, 0.3) is 0 Å². The Kier molecular flexibility index (Phi) is 5.81. The van der Waals surface area contributed by atoms with Crippen molar-refractivity contribution in [2.24, 2.45) is 9.98 Å². The lowest BCUT2D eigenvalue weighted by molar-refractivity contribution is 0.567. The highest BCUT2D eigenvalue weighted by molar-refractivity contribution is 7.78. The standard InChI is InChI=1S/C15H18N2S2/c18-10-16-14-5-1-12(2-6-14)9-13-3-7-15(8-4-13)17-11-19/h1,3,14-15H,2,4-9H2.